The first kappa shape index (κ1) is 15.9. The molecule has 0 aliphatic heterocycles. The summed E-state index contributed by atoms with van der Waals surface area (Å²) in [5.41, 5.74) is 7.28. The van der Waals surface area contributed by atoms with Crippen LogP contribution in [0.1, 0.15) is 25.2 Å². The fourth-order valence-corrected chi connectivity index (χ4v) is 2.21. The van der Waals surface area contributed by atoms with E-state index >= 15 is 0 Å². The number of benzene rings is 1. The Morgan fingerprint density at radius 2 is 2.00 bits per heavy atom. The van der Waals surface area contributed by atoms with E-state index in [4.69, 9.17) is 0 Å². The Morgan fingerprint density at radius 1 is 1.23 bits per heavy atom. The second kappa shape index (κ2) is 7.51. The maximum Gasteiger partial charge on any atom is 0.356 e. The van der Waals surface area contributed by atoms with E-state index in [0.717, 1.165) is 17.7 Å². The molecule has 2 aromatic rings. The molecule has 0 atom stereocenters. The van der Waals surface area contributed by atoms with Crippen LogP contribution in [0.4, 0.5) is 5.95 Å². The normalized spacial score (nSPS) is 10.5. The molecule has 1 aromatic heterocycles. The molecule has 116 valence electrons. The van der Waals surface area contributed by atoms with Crippen LogP contribution in [0.2, 0.25) is 0 Å². The van der Waals surface area contributed by atoms with Crippen molar-refractivity contribution in [1.29, 1.82) is 0 Å². The summed E-state index contributed by atoms with van der Waals surface area (Å²) < 4.78 is 1.58. The highest BCUT2D eigenvalue weighted by Crippen LogP contribution is 2.15. The molecule has 0 bridgehead atoms. The van der Waals surface area contributed by atoms with Gasteiger partial charge in [-0.2, -0.15) is 9.97 Å². The summed E-state index contributed by atoms with van der Waals surface area (Å²) in [6.07, 6.45) is 3.17. The number of rotatable bonds is 7. The first-order valence-corrected chi connectivity index (χ1v) is 7.39. The van der Waals surface area contributed by atoms with Crippen molar-refractivity contribution in [3.8, 4) is 5.69 Å². The monoisotopic (exact) mass is 299 g/mol. The van der Waals surface area contributed by atoms with Gasteiger partial charge in [-0.15, -0.1) is 6.58 Å². The van der Waals surface area contributed by atoms with Crippen molar-refractivity contribution in [2.24, 2.45) is 0 Å². The zero-order valence-electron chi connectivity index (χ0n) is 13.0. The fourth-order valence-electron chi connectivity index (χ4n) is 2.21. The van der Waals surface area contributed by atoms with E-state index in [9.17, 15) is 4.79 Å². The van der Waals surface area contributed by atoms with Crippen LogP contribution < -0.4 is 16.5 Å². The molecule has 0 amide bonds. The van der Waals surface area contributed by atoms with Crippen molar-refractivity contribution in [2.75, 3.05) is 12.0 Å². The molecule has 0 spiro atoms. The molecule has 2 N–H and O–H groups in total. The van der Waals surface area contributed by atoms with Crippen molar-refractivity contribution in [1.82, 2.24) is 20.0 Å². The lowest BCUT2D eigenvalue weighted by atomic mass is 10.1. The van der Waals surface area contributed by atoms with Gasteiger partial charge in [-0.25, -0.2) is 14.8 Å². The van der Waals surface area contributed by atoms with Gasteiger partial charge in [0.1, 0.15) is 5.82 Å². The summed E-state index contributed by atoms with van der Waals surface area (Å²) in [6.45, 7) is 8.18. The number of aromatic nitrogens is 3. The molecule has 1 heterocycles. The first-order valence-electron chi connectivity index (χ1n) is 7.39. The Balaban J connectivity index is 2.48. The third kappa shape index (κ3) is 3.40. The predicted molar refractivity (Wildman–Crippen MR) is 88.2 cm³/mol. The van der Waals surface area contributed by atoms with Gasteiger partial charge >= 0.3 is 5.69 Å². The quantitative estimate of drug-likeness (QED) is 0.464. The van der Waals surface area contributed by atoms with Crippen LogP contribution in [-0.2, 0) is 12.8 Å². The number of nitrogens with zero attached hydrogens (tertiary/aromatic N) is 3. The van der Waals surface area contributed by atoms with E-state index in [2.05, 4.69) is 34.3 Å². The molecule has 0 saturated carbocycles. The van der Waals surface area contributed by atoms with Crippen LogP contribution in [0.15, 0.2) is 41.7 Å². The van der Waals surface area contributed by atoms with Gasteiger partial charge in [-0.3, -0.25) is 5.43 Å². The minimum absolute atomic E-state index is 0.272. The molecule has 0 unspecified atom stereocenters. The summed E-state index contributed by atoms with van der Waals surface area (Å²) in [4.78, 5) is 20.9. The van der Waals surface area contributed by atoms with Crippen molar-refractivity contribution >= 4 is 5.95 Å². The number of para-hydroxylation sites is 1. The second-order valence-corrected chi connectivity index (χ2v) is 4.71. The summed E-state index contributed by atoms with van der Waals surface area (Å²) in [6, 6.07) is 7.82. The Kier molecular flexibility index (Phi) is 5.43. The van der Waals surface area contributed by atoms with Crippen LogP contribution in [-0.4, -0.2) is 21.1 Å². The van der Waals surface area contributed by atoms with Crippen molar-refractivity contribution < 1.29 is 0 Å². The Hall–Kier alpha value is -2.47. The van der Waals surface area contributed by atoms with Gasteiger partial charge in [0.25, 0.3) is 0 Å². The van der Waals surface area contributed by atoms with Gasteiger partial charge in [-0.05, 0) is 18.1 Å². The molecule has 2 rings (SSSR count). The lowest BCUT2D eigenvalue weighted by molar-refractivity contribution is 0.749. The van der Waals surface area contributed by atoms with Crippen LogP contribution in [0.25, 0.3) is 5.69 Å². The third-order valence-corrected chi connectivity index (χ3v) is 3.26. The molecule has 0 fully saturated rings. The highest BCUT2D eigenvalue weighted by molar-refractivity contribution is 5.42. The van der Waals surface area contributed by atoms with Gasteiger partial charge in [0, 0.05) is 13.0 Å². The first-order chi connectivity index (χ1) is 10.7. The molecule has 0 radical (unpaired) electrons. The SMILES string of the molecule is C=CCNNc1nc(CC)n(-c2ccccc2CC)c(=O)n1. The predicted octanol–water partition coefficient (Wildman–Crippen LogP) is 1.85. The minimum atomic E-state index is -0.337. The number of anilines is 1. The average molecular weight is 299 g/mol. The average Bonchev–Trinajstić information content (AvgIpc) is 2.54. The summed E-state index contributed by atoms with van der Waals surface area (Å²) in [5.74, 6) is 0.942. The van der Waals surface area contributed by atoms with E-state index in [1.807, 2.05) is 31.2 Å². The highest BCUT2D eigenvalue weighted by atomic mass is 16.1. The van der Waals surface area contributed by atoms with E-state index in [1.54, 1.807) is 10.6 Å². The van der Waals surface area contributed by atoms with E-state index in [0.29, 0.717) is 18.8 Å². The van der Waals surface area contributed by atoms with Crippen LogP contribution in [0.3, 0.4) is 0 Å². The molecule has 0 aliphatic carbocycles. The molecule has 6 heteroatoms. The van der Waals surface area contributed by atoms with Gasteiger partial charge in [0.2, 0.25) is 5.95 Å². The fraction of sp³-hybridized carbons (Fsp3) is 0.312. The van der Waals surface area contributed by atoms with Crippen molar-refractivity contribution in [3.05, 3.63) is 58.8 Å². The number of hydrogen-bond donors (Lipinski definition) is 2. The zero-order chi connectivity index (χ0) is 15.9. The molecule has 22 heavy (non-hydrogen) atoms. The number of hydrazine groups is 1. The maximum atomic E-state index is 12.4. The number of aryl methyl sites for hydroxylation is 2. The molecule has 6 nitrogen and oxygen atoms in total. The molecular weight excluding hydrogens is 278 g/mol. The van der Waals surface area contributed by atoms with Crippen LogP contribution in [0, 0.1) is 0 Å². The summed E-state index contributed by atoms with van der Waals surface area (Å²) in [5, 5.41) is 0. The molecule has 0 aliphatic rings. The topological polar surface area (TPSA) is 71.8 Å². The zero-order valence-corrected chi connectivity index (χ0v) is 13.0. The van der Waals surface area contributed by atoms with Crippen molar-refractivity contribution in [2.45, 2.75) is 26.7 Å². The molecular formula is C16H21N5O. The minimum Gasteiger partial charge on any atom is -0.289 e. The smallest absolute Gasteiger partial charge is 0.289 e. The van der Waals surface area contributed by atoms with Gasteiger partial charge in [0.15, 0.2) is 0 Å². The number of nitrogens with one attached hydrogen (secondary N) is 2. The van der Waals surface area contributed by atoms with Gasteiger partial charge in [0.05, 0.1) is 5.69 Å². The maximum absolute atomic E-state index is 12.4. The summed E-state index contributed by atoms with van der Waals surface area (Å²) in [7, 11) is 0. The Morgan fingerprint density at radius 3 is 2.68 bits per heavy atom. The summed E-state index contributed by atoms with van der Waals surface area (Å²) >= 11 is 0. The van der Waals surface area contributed by atoms with E-state index < -0.39 is 0 Å². The highest BCUT2D eigenvalue weighted by Gasteiger charge is 2.12. The van der Waals surface area contributed by atoms with Gasteiger partial charge in [-0.1, -0.05) is 38.1 Å². The largest absolute Gasteiger partial charge is 0.356 e. The van der Waals surface area contributed by atoms with Gasteiger partial charge < -0.3 is 0 Å². The van der Waals surface area contributed by atoms with Crippen LogP contribution in [0.5, 0.6) is 0 Å². The van der Waals surface area contributed by atoms with E-state index in [1.165, 1.54) is 0 Å². The lowest BCUT2D eigenvalue weighted by Gasteiger charge is -2.15. The molecule has 0 saturated heterocycles. The third-order valence-electron chi connectivity index (χ3n) is 3.26. The van der Waals surface area contributed by atoms with E-state index in [-0.39, 0.29) is 11.6 Å². The van der Waals surface area contributed by atoms with Crippen molar-refractivity contribution in [3.63, 3.8) is 0 Å². The van der Waals surface area contributed by atoms with Crippen LogP contribution >= 0.6 is 0 Å². The standard InChI is InChI=1S/C16H21N5O/c1-4-11-17-20-15-18-14(6-3)21(16(22)19-15)13-10-8-7-9-12(13)5-2/h4,7-10,17H,1,5-6,11H2,2-3H3,(H,19,20,22). The lowest BCUT2D eigenvalue weighted by Crippen LogP contribution is -2.31. The Bertz CT molecular complexity index is 708. The second-order valence-electron chi connectivity index (χ2n) is 4.71. The number of hydrogen-bond acceptors (Lipinski definition) is 5. The molecule has 1 aromatic carbocycles. The Labute approximate surface area is 129 Å².